The predicted molar refractivity (Wildman–Crippen MR) is 169 cm³/mol. The average Bonchev–Trinajstić information content (AvgIpc) is 3.36. The van der Waals surface area contributed by atoms with E-state index >= 15 is 0 Å². The number of carbonyl (C=O) groups is 2. The maximum absolute atomic E-state index is 14.2. The van der Waals surface area contributed by atoms with E-state index in [1.54, 1.807) is 12.1 Å². The van der Waals surface area contributed by atoms with Gasteiger partial charge >= 0.3 is 16.1 Å². The molecule has 3 aromatic rings. The van der Waals surface area contributed by atoms with Gasteiger partial charge in [0.2, 0.25) is 5.84 Å². The summed E-state index contributed by atoms with van der Waals surface area (Å²) >= 11 is 0. The number of para-hydroxylation sites is 1. The first-order valence-corrected chi connectivity index (χ1v) is 16.2. The van der Waals surface area contributed by atoms with E-state index < -0.39 is 42.6 Å². The van der Waals surface area contributed by atoms with E-state index in [1.165, 1.54) is 18.2 Å². The normalized spacial score (nSPS) is 18.9. The molecule has 0 aliphatic carbocycles. The molecule has 0 radical (unpaired) electrons. The zero-order valence-electron chi connectivity index (χ0n) is 25.9. The summed E-state index contributed by atoms with van der Waals surface area (Å²) in [5.41, 5.74) is 1.77. The fourth-order valence-corrected chi connectivity index (χ4v) is 7.16. The van der Waals surface area contributed by atoms with E-state index in [4.69, 9.17) is 9.47 Å². The first-order chi connectivity index (χ1) is 21.9. The van der Waals surface area contributed by atoms with Gasteiger partial charge in [-0.2, -0.15) is 13.2 Å². The third-order valence-corrected chi connectivity index (χ3v) is 10.1. The smallest absolute Gasteiger partial charge is 0.420 e. The van der Waals surface area contributed by atoms with Crippen molar-refractivity contribution in [2.45, 2.75) is 43.2 Å². The molecule has 2 aliphatic rings. The molecule has 0 saturated carbocycles. The van der Waals surface area contributed by atoms with Gasteiger partial charge in [0, 0.05) is 47.1 Å². The lowest BCUT2D eigenvalue weighted by atomic mass is 10.0. The number of halogens is 2. The van der Waals surface area contributed by atoms with Gasteiger partial charge in [-0.25, -0.2) is 8.78 Å². The molecule has 0 bridgehead atoms. The van der Waals surface area contributed by atoms with Crippen molar-refractivity contribution >= 4 is 39.2 Å². The van der Waals surface area contributed by atoms with Crippen LogP contribution >= 0.6 is 0 Å². The number of amides is 2. The molecule has 2 amide bonds. The second kappa shape index (κ2) is 13.2. The highest BCUT2D eigenvalue weighted by Gasteiger charge is 2.61. The number of nitrogens with zero attached hydrogens (tertiary/aromatic N) is 3. The summed E-state index contributed by atoms with van der Waals surface area (Å²) in [5.74, 6) is -3.19. The Morgan fingerprint density at radius 2 is 1.74 bits per heavy atom. The van der Waals surface area contributed by atoms with Crippen molar-refractivity contribution in [2.24, 2.45) is 5.10 Å². The third-order valence-electron chi connectivity index (χ3n) is 8.18. The molecule has 0 spiro atoms. The molecule has 46 heavy (non-hydrogen) atoms. The van der Waals surface area contributed by atoms with Crippen molar-refractivity contribution in [1.29, 1.82) is 0 Å². The van der Waals surface area contributed by atoms with Gasteiger partial charge in [0.1, 0.15) is 16.5 Å². The third kappa shape index (κ3) is 6.25. The largest absolute Gasteiger partial charge is 0.565 e. The molecular formula is C32H36F2N5O6S+. The number of ether oxygens (including phenoxy) is 2. The summed E-state index contributed by atoms with van der Waals surface area (Å²) in [6, 6.07) is 13.3. The molecule has 2 unspecified atom stereocenters. The maximum atomic E-state index is 14.2. The first-order valence-electron chi connectivity index (χ1n) is 14.7. The van der Waals surface area contributed by atoms with Crippen molar-refractivity contribution in [1.82, 2.24) is 14.2 Å². The van der Waals surface area contributed by atoms with Crippen molar-refractivity contribution in [3.05, 3.63) is 89.0 Å². The Morgan fingerprint density at radius 3 is 2.39 bits per heavy atom. The molecule has 11 nitrogen and oxygen atoms in total. The number of hydrogen-bond donors (Lipinski definition) is 2. The van der Waals surface area contributed by atoms with Crippen LogP contribution in [0.1, 0.15) is 41.3 Å². The topological polar surface area (TPSA) is 126 Å². The Morgan fingerprint density at radius 1 is 1.07 bits per heavy atom. The minimum absolute atomic E-state index is 0.0619. The summed E-state index contributed by atoms with van der Waals surface area (Å²) in [6.45, 7) is 3.27. The standard InChI is InChI=1S/C32H35F2N5O6S/c1-20(38(2)3)15-21-9-10-26(28(16-21)35-24-11-13-45-14-12-24)31(40)36-30-27-7-5-6-8-29(27)39(37-30,32(41)44-4)46(42,43)25-18-22(33)17-23(34)19-25/h5-10,16-20,24H,11-15H2,1-4H3,(H-,35,36,37,40)/p+1. The fourth-order valence-electron chi connectivity index (χ4n) is 5.45. The number of methoxy groups -OCH3 is 1. The van der Waals surface area contributed by atoms with E-state index in [1.807, 2.05) is 26.2 Å². The SMILES string of the molecule is COC(=O)[N+]1(S(=O)(=O)c2cc(F)cc(F)c2)N=C(NC(=O)c2ccc(CC(C)N(C)C)cc2NC2CCOCC2)c2ccccc21. The molecule has 14 heteroatoms. The number of likely N-dealkylation sites (N-methyl/N-ethyl adjacent to an activating group) is 1. The molecule has 2 aliphatic heterocycles. The average molecular weight is 657 g/mol. The monoisotopic (exact) mass is 656 g/mol. The van der Waals surface area contributed by atoms with Gasteiger partial charge in [-0.05, 0) is 81.3 Å². The van der Waals surface area contributed by atoms with Gasteiger partial charge in [-0.1, -0.05) is 18.2 Å². The molecule has 2 heterocycles. The van der Waals surface area contributed by atoms with Gasteiger partial charge in [-0.3, -0.25) is 4.79 Å². The van der Waals surface area contributed by atoms with Crippen molar-refractivity contribution in [3.8, 4) is 0 Å². The van der Waals surface area contributed by atoms with Crippen molar-refractivity contribution in [3.63, 3.8) is 0 Å². The minimum Gasteiger partial charge on any atom is -0.420 e. The van der Waals surface area contributed by atoms with Crippen molar-refractivity contribution in [2.75, 3.05) is 39.7 Å². The fraction of sp³-hybridized carbons (Fsp3) is 0.344. The zero-order valence-corrected chi connectivity index (χ0v) is 26.7. The van der Waals surface area contributed by atoms with Gasteiger partial charge in [-0.15, -0.1) is 0 Å². The van der Waals surface area contributed by atoms with Crippen LogP contribution in [0.3, 0.4) is 0 Å². The molecule has 5 rings (SSSR count). The number of rotatable bonds is 8. The number of benzene rings is 3. The Balaban J connectivity index is 1.58. The Bertz CT molecular complexity index is 1770. The molecule has 244 valence electrons. The highest BCUT2D eigenvalue weighted by molar-refractivity contribution is 7.91. The van der Waals surface area contributed by atoms with Gasteiger partial charge < -0.3 is 25.0 Å². The molecule has 2 atom stereocenters. The maximum Gasteiger partial charge on any atom is 0.565 e. The Hall–Kier alpha value is -4.24. The lowest BCUT2D eigenvalue weighted by Crippen LogP contribution is -2.53. The summed E-state index contributed by atoms with van der Waals surface area (Å²) in [4.78, 5) is 28.6. The van der Waals surface area contributed by atoms with Crippen LogP contribution in [0.25, 0.3) is 0 Å². The minimum atomic E-state index is -5.04. The van der Waals surface area contributed by atoms with E-state index in [-0.39, 0.29) is 34.7 Å². The number of quaternary nitrogens is 1. The summed E-state index contributed by atoms with van der Waals surface area (Å²) in [6.07, 6.45) is 0.853. The molecule has 0 aromatic heterocycles. The summed E-state index contributed by atoms with van der Waals surface area (Å²) in [5, 5.41) is 10.4. The van der Waals surface area contributed by atoms with Crippen LogP contribution in [0, 0.1) is 11.6 Å². The summed E-state index contributed by atoms with van der Waals surface area (Å²) in [7, 11) is -0.0916. The molecule has 1 fully saturated rings. The first kappa shape index (κ1) is 33.1. The molecule has 2 N–H and O–H groups in total. The van der Waals surface area contributed by atoms with Gasteiger partial charge in [0.05, 0.1) is 18.2 Å². The van der Waals surface area contributed by atoms with Crippen molar-refractivity contribution < 1.29 is 36.3 Å². The molecule has 3 aromatic carbocycles. The van der Waals surface area contributed by atoms with Crippen LogP contribution in [-0.2, 0) is 25.9 Å². The second-order valence-electron chi connectivity index (χ2n) is 11.5. The van der Waals surface area contributed by atoms with Crippen LogP contribution in [0.2, 0.25) is 0 Å². The quantitative estimate of drug-likeness (QED) is 0.337. The number of anilines is 1. The van der Waals surface area contributed by atoms with Crippen LogP contribution in [0.5, 0.6) is 0 Å². The number of amidine groups is 1. The lowest BCUT2D eigenvalue weighted by Gasteiger charge is -2.26. The molecule has 1 saturated heterocycles. The van der Waals surface area contributed by atoms with Gasteiger partial charge in [0.15, 0.2) is 5.69 Å². The number of hydrogen-bond acceptors (Lipinski definition) is 9. The number of carbonyl (C=O) groups excluding carboxylic acids is 2. The van der Waals surface area contributed by atoms with Crippen LogP contribution in [-0.4, -0.2) is 77.7 Å². The number of sulfonamides is 1. The van der Waals surface area contributed by atoms with E-state index in [0.717, 1.165) is 31.9 Å². The zero-order chi connectivity index (χ0) is 33.2. The number of fused-ring (bicyclic) bond motifs is 1. The van der Waals surface area contributed by atoms with E-state index in [9.17, 15) is 26.8 Å². The Kier molecular flexibility index (Phi) is 9.54. The van der Waals surface area contributed by atoms with Gasteiger partial charge in [0.25, 0.3) is 5.91 Å². The van der Waals surface area contributed by atoms with E-state index in [2.05, 4.69) is 27.6 Å². The highest BCUT2D eigenvalue weighted by Crippen LogP contribution is 2.41. The highest BCUT2D eigenvalue weighted by atomic mass is 32.2. The van der Waals surface area contributed by atoms with Crippen LogP contribution in [0.4, 0.5) is 25.0 Å². The predicted octanol–water partition coefficient (Wildman–Crippen LogP) is 4.62. The summed E-state index contributed by atoms with van der Waals surface area (Å²) < 4.78 is 65.1. The Labute approximate surface area is 266 Å². The van der Waals surface area contributed by atoms with Crippen LogP contribution < -0.4 is 14.6 Å². The second-order valence-corrected chi connectivity index (χ2v) is 13.4. The van der Waals surface area contributed by atoms with E-state index in [0.29, 0.717) is 37.1 Å². The van der Waals surface area contributed by atoms with Crippen LogP contribution in [0.15, 0.2) is 70.7 Å². The molecular weight excluding hydrogens is 620 g/mol. The number of nitrogens with one attached hydrogen (secondary N) is 2. The lowest BCUT2D eigenvalue weighted by molar-refractivity contribution is 0.0904.